The lowest BCUT2D eigenvalue weighted by Gasteiger charge is -2.33. The van der Waals surface area contributed by atoms with Crippen molar-refractivity contribution in [1.29, 1.82) is 0 Å². The van der Waals surface area contributed by atoms with Crippen molar-refractivity contribution in [1.82, 2.24) is 14.8 Å². The van der Waals surface area contributed by atoms with Gasteiger partial charge in [0.2, 0.25) is 5.91 Å². The fourth-order valence-corrected chi connectivity index (χ4v) is 4.20. The molecule has 2 amide bonds. The van der Waals surface area contributed by atoms with Crippen molar-refractivity contribution < 1.29 is 19.1 Å². The van der Waals surface area contributed by atoms with E-state index < -0.39 is 0 Å². The van der Waals surface area contributed by atoms with Gasteiger partial charge in [-0.05, 0) is 43.3 Å². The molecule has 32 heavy (non-hydrogen) atoms. The number of fused-ring (bicyclic) bond motifs is 1. The lowest BCUT2D eigenvalue weighted by molar-refractivity contribution is -0.121. The lowest BCUT2D eigenvalue weighted by atomic mass is 10.1. The third kappa shape index (κ3) is 4.40. The van der Waals surface area contributed by atoms with E-state index in [-0.39, 0.29) is 30.2 Å². The Morgan fingerprint density at radius 1 is 1.22 bits per heavy atom. The Labute approximate surface area is 189 Å². The van der Waals surface area contributed by atoms with Crippen molar-refractivity contribution >= 4 is 35.0 Å². The summed E-state index contributed by atoms with van der Waals surface area (Å²) in [5, 5.41) is 11.9. The van der Waals surface area contributed by atoms with Crippen LogP contribution >= 0.6 is 11.8 Å². The first-order valence-electron chi connectivity index (χ1n) is 9.98. The molecular weight excluding hydrogens is 430 g/mol. The first-order valence-corrected chi connectivity index (χ1v) is 11.0. The van der Waals surface area contributed by atoms with Crippen LogP contribution in [0.1, 0.15) is 18.8 Å². The van der Waals surface area contributed by atoms with Gasteiger partial charge in [-0.3, -0.25) is 14.5 Å². The van der Waals surface area contributed by atoms with Gasteiger partial charge in [-0.25, -0.2) is 0 Å². The maximum absolute atomic E-state index is 12.6. The van der Waals surface area contributed by atoms with Gasteiger partial charge in [-0.1, -0.05) is 23.9 Å². The number of ether oxygens (including phenoxy) is 2. The smallest absolute Gasteiger partial charge is 0.265 e. The van der Waals surface area contributed by atoms with Gasteiger partial charge in [0.25, 0.3) is 5.91 Å². The molecule has 9 nitrogen and oxygen atoms in total. The molecule has 0 radical (unpaired) electrons. The summed E-state index contributed by atoms with van der Waals surface area (Å²) >= 11 is 1.28. The van der Waals surface area contributed by atoms with E-state index >= 15 is 0 Å². The number of hydrogen-bond acceptors (Lipinski definition) is 7. The molecule has 3 aromatic rings. The number of rotatable bonds is 7. The largest absolute Gasteiger partial charge is 0.497 e. The maximum Gasteiger partial charge on any atom is 0.265 e. The normalized spacial score (nSPS) is 13.8. The van der Waals surface area contributed by atoms with Gasteiger partial charge in [-0.15, -0.1) is 10.2 Å². The molecule has 2 heterocycles. The van der Waals surface area contributed by atoms with Crippen molar-refractivity contribution in [2.75, 3.05) is 29.7 Å². The molecule has 1 aliphatic rings. The van der Waals surface area contributed by atoms with Gasteiger partial charge in [0.1, 0.15) is 11.5 Å². The van der Waals surface area contributed by atoms with Crippen LogP contribution in [-0.4, -0.2) is 46.0 Å². The van der Waals surface area contributed by atoms with Crippen molar-refractivity contribution in [3.05, 3.63) is 54.4 Å². The number of carbonyl (C=O) groups excluding carboxylic acids is 2. The number of para-hydroxylation sites is 2. The SMILES string of the molecule is COc1ccc(NC(=O)CSc2nnc(C(C)N3C(=O)COc4ccccc43)n2C)cc1. The van der Waals surface area contributed by atoms with Gasteiger partial charge >= 0.3 is 0 Å². The average molecular weight is 454 g/mol. The van der Waals surface area contributed by atoms with Crippen LogP contribution < -0.4 is 19.7 Å². The molecule has 0 aliphatic carbocycles. The van der Waals surface area contributed by atoms with Gasteiger partial charge in [-0.2, -0.15) is 0 Å². The zero-order valence-corrected chi connectivity index (χ0v) is 18.8. The summed E-state index contributed by atoms with van der Waals surface area (Å²) in [6.07, 6.45) is 0. The Kier molecular flexibility index (Phi) is 6.31. The number of anilines is 2. The highest BCUT2D eigenvalue weighted by Crippen LogP contribution is 2.37. The number of carbonyl (C=O) groups is 2. The lowest BCUT2D eigenvalue weighted by Crippen LogP contribution is -2.41. The van der Waals surface area contributed by atoms with Crippen LogP contribution in [0.4, 0.5) is 11.4 Å². The highest BCUT2D eigenvalue weighted by atomic mass is 32.2. The second-order valence-electron chi connectivity index (χ2n) is 7.16. The molecule has 0 bridgehead atoms. The second-order valence-corrected chi connectivity index (χ2v) is 8.10. The van der Waals surface area contributed by atoms with E-state index in [0.717, 1.165) is 5.75 Å². The molecule has 4 rings (SSSR count). The third-order valence-electron chi connectivity index (χ3n) is 5.08. The summed E-state index contributed by atoms with van der Waals surface area (Å²) < 4.78 is 12.4. The number of nitrogens with one attached hydrogen (secondary N) is 1. The predicted octanol–water partition coefficient (Wildman–Crippen LogP) is 3.04. The van der Waals surface area contributed by atoms with Crippen molar-refractivity contribution in [3.63, 3.8) is 0 Å². The van der Waals surface area contributed by atoms with Crippen molar-refractivity contribution in [2.24, 2.45) is 7.05 Å². The fourth-order valence-electron chi connectivity index (χ4n) is 3.48. The molecule has 1 aromatic heterocycles. The number of aromatic nitrogens is 3. The zero-order valence-electron chi connectivity index (χ0n) is 17.9. The number of thioether (sulfide) groups is 1. The molecule has 0 saturated heterocycles. The van der Waals surface area contributed by atoms with Crippen LogP contribution in [-0.2, 0) is 16.6 Å². The Bertz CT molecular complexity index is 1130. The summed E-state index contributed by atoms with van der Waals surface area (Å²) in [5.41, 5.74) is 1.39. The average Bonchev–Trinajstić information content (AvgIpc) is 3.18. The van der Waals surface area contributed by atoms with Crippen LogP contribution in [0.5, 0.6) is 11.5 Å². The summed E-state index contributed by atoms with van der Waals surface area (Å²) in [6, 6.07) is 14.2. The van der Waals surface area contributed by atoms with E-state index in [1.165, 1.54) is 11.8 Å². The Morgan fingerprint density at radius 2 is 1.97 bits per heavy atom. The van der Waals surface area contributed by atoms with Crippen LogP contribution in [0.25, 0.3) is 0 Å². The monoisotopic (exact) mass is 453 g/mol. The van der Waals surface area contributed by atoms with Gasteiger partial charge in [0.05, 0.1) is 24.6 Å². The first kappa shape index (κ1) is 21.7. The molecular formula is C22H23N5O4S. The van der Waals surface area contributed by atoms with Crippen LogP contribution in [0.2, 0.25) is 0 Å². The number of nitrogens with zero attached hydrogens (tertiary/aromatic N) is 4. The van der Waals surface area contributed by atoms with Gasteiger partial charge in [0, 0.05) is 12.7 Å². The standard InChI is InChI=1S/C22H23N5O4S/c1-14(27-17-6-4-5-7-18(17)31-12-20(27)29)21-24-25-22(26(21)2)32-13-19(28)23-15-8-10-16(30-3)11-9-15/h4-11,14H,12-13H2,1-3H3,(H,23,28). The molecule has 1 unspecified atom stereocenters. The van der Waals surface area contributed by atoms with E-state index in [9.17, 15) is 9.59 Å². The second kappa shape index (κ2) is 9.31. The molecule has 0 fully saturated rings. The third-order valence-corrected chi connectivity index (χ3v) is 6.10. The molecule has 10 heteroatoms. The predicted molar refractivity (Wildman–Crippen MR) is 121 cm³/mol. The summed E-state index contributed by atoms with van der Waals surface area (Å²) in [6.45, 7) is 1.88. The summed E-state index contributed by atoms with van der Waals surface area (Å²) in [7, 11) is 3.42. The van der Waals surface area contributed by atoms with Crippen molar-refractivity contribution in [3.8, 4) is 11.5 Å². The quantitative estimate of drug-likeness (QED) is 0.549. The minimum Gasteiger partial charge on any atom is -0.497 e. The van der Waals surface area contributed by atoms with Crippen LogP contribution in [0.3, 0.4) is 0 Å². The molecule has 1 atom stereocenters. The number of hydrogen-bond donors (Lipinski definition) is 1. The van der Waals surface area contributed by atoms with Crippen LogP contribution in [0.15, 0.2) is 53.7 Å². The topological polar surface area (TPSA) is 98.6 Å². The molecule has 0 saturated carbocycles. The van der Waals surface area contributed by atoms with Gasteiger partial charge in [0.15, 0.2) is 17.6 Å². The molecule has 1 aliphatic heterocycles. The Morgan fingerprint density at radius 3 is 2.72 bits per heavy atom. The van der Waals surface area contributed by atoms with E-state index in [2.05, 4.69) is 15.5 Å². The highest BCUT2D eigenvalue weighted by Gasteiger charge is 2.32. The minimum atomic E-state index is -0.354. The molecule has 0 spiro atoms. The maximum atomic E-state index is 12.6. The Hall–Kier alpha value is -3.53. The van der Waals surface area contributed by atoms with Gasteiger partial charge < -0.3 is 19.4 Å². The summed E-state index contributed by atoms with van der Waals surface area (Å²) in [4.78, 5) is 26.6. The Balaban J connectivity index is 1.43. The number of benzene rings is 2. The van der Waals surface area contributed by atoms with E-state index in [4.69, 9.17) is 9.47 Å². The number of methoxy groups -OCH3 is 1. The van der Waals surface area contributed by atoms with E-state index in [0.29, 0.717) is 28.1 Å². The molecule has 2 aromatic carbocycles. The first-order chi connectivity index (χ1) is 15.5. The van der Waals surface area contributed by atoms with E-state index in [1.54, 1.807) is 40.8 Å². The number of amides is 2. The fraction of sp³-hybridized carbons (Fsp3) is 0.273. The van der Waals surface area contributed by atoms with Crippen LogP contribution in [0, 0.1) is 0 Å². The molecule has 166 valence electrons. The highest BCUT2D eigenvalue weighted by molar-refractivity contribution is 7.99. The molecule has 1 N–H and O–H groups in total. The minimum absolute atomic E-state index is 0.0215. The van der Waals surface area contributed by atoms with E-state index in [1.807, 2.05) is 38.2 Å². The zero-order chi connectivity index (χ0) is 22.7. The van der Waals surface area contributed by atoms with Crippen molar-refractivity contribution in [2.45, 2.75) is 18.1 Å². The summed E-state index contributed by atoms with van der Waals surface area (Å²) in [5.74, 6) is 1.87.